The van der Waals surface area contributed by atoms with E-state index in [-0.39, 0.29) is 0 Å². The Morgan fingerprint density at radius 3 is 2.07 bits per heavy atom. The Morgan fingerprint density at radius 1 is 1.07 bits per heavy atom. The van der Waals surface area contributed by atoms with Crippen LogP contribution in [0.2, 0.25) is 0 Å². The molecule has 0 fully saturated rings. The summed E-state index contributed by atoms with van der Waals surface area (Å²) in [4.78, 5) is 0. The fraction of sp³-hybridized carbons (Fsp3) is 0.538. The average molecular weight is 191 g/mol. The first-order chi connectivity index (χ1) is 6.63. The van der Waals surface area contributed by atoms with Gasteiger partial charge in [-0.1, -0.05) is 32.9 Å². The van der Waals surface area contributed by atoms with Crippen molar-refractivity contribution in [2.75, 3.05) is 5.32 Å². The average Bonchev–Trinajstić information content (AvgIpc) is 2.18. The molecule has 0 aliphatic carbocycles. The van der Waals surface area contributed by atoms with E-state index >= 15 is 0 Å². The molecule has 1 aromatic carbocycles. The SMILES string of the molecule is CCC(C)Nc1ccc(C(C)C)cc1. The molecule has 1 unspecified atom stereocenters. The molecule has 0 aromatic heterocycles. The fourth-order valence-electron chi connectivity index (χ4n) is 1.35. The third-order valence-corrected chi connectivity index (χ3v) is 2.60. The van der Waals surface area contributed by atoms with Gasteiger partial charge in [0.15, 0.2) is 0 Å². The molecular weight excluding hydrogens is 170 g/mol. The lowest BCUT2D eigenvalue weighted by molar-refractivity contribution is 0.764. The van der Waals surface area contributed by atoms with Gasteiger partial charge in [0.25, 0.3) is 0 Å². The van der Waals surface area contributed by atoms with E-state index in [1.54, 1.807) is 0 Å². The van der Waals surface area contributed by atoms with Crippen molar-refractivity contribution in [3.63, 3.8) is 0 Å². The number of hydrogen-bond donors (Lipinski definition) is 1. The van der Waals surface area contributed by atoms with Gasteiger partial charge < -0.3 is 5.32 Å². The lowest BCUT2D eigenvalue weighted by Crippen LogP contribution is -2.13. The summed E-state index contributed by atoms with van der Waals surface area (Å²) in [6.45, 7) is 8.84. The second kappa shape index (κ2) is 5.04. The van der Waals surface area contributed by atoms with Crippen LogP contribution in [0.1, 0.15) is 45.6 Å². The molecule has 1 rings (SSSR count). The van der Waals surface area contributed by atoms with Gasteiger partial charge in [0.1, 0.15) is 0 Å². The highest BCUT2D eigenvalue weighted by molar-refractivity contribution is 5.45. The lowest BCUT2D eigenvalue weighted by Gasteiger charge is -2.13. The molecular formula is C13H21N. The van der Waals surface area contributed by atoms with Gasteiger partial charge in [0, 0.05) is 11.7 Å². The van der Waals surface area contributed by atoms with Crippen molar-refractivity contribution in [2.24, 2.45) is 0 Å². The maximum atomic E-state index is 3.46. The normalized spacial score (nSPS) is 12.9. The van der Waals surface area contributed by atoms with E-state index in [0.29, 0.717) is 12.0 Å². The zero-order chi connectivity index (χ0) is 10.6. The minimum Gasteiger partial charge on any atom is -0.383 e. The molecule has 0 aliphatic heterocycles. The van der Waals surface area contributed by atoms with E-state index in [4.69, 9.17) is 0 Å². The van der Waals surface area contributed by atoms with Crippen molar-refractivity contribution in [2.45, 2.75) is 46.1 Å². The molecule has 1 N–H and O–H groups in total. The van der Waals surface area contributed by atoms with Crippen molar-refractivity contribution in [1.82, 2.24) is 0 Å². The summed E-state index contributed by atoms with van der Waals surface area (Å²) in [6, 6.07) is 9.30. The Labute approximate surface area is 87.5 Å². The highest BCUT2D eigenvalue weighted by Crippen LogP contribution is 2.17. The summed E-state index contributed by atoms with van der Waals surface area (Å²) in [5.41, 5.74) is 2.63. The predicted octanol–water partition coefficient (Wildman–Crippen LogP) is 4.02. The maximum Gasteiger partial charge on any atom is 0.0342 e. The van der Waals surface area contributed by atoms with E-state index in [0.717, 1.165) is 6.42 Å². The topological polar surface area (TPSA) is 12.0 Å². The molecule has 0 bridgehead atoms. The second-order valence-corrected chi connectivity index (χ2v) is 4.23. The standard InChI is InChI=1S/C13H21N/c1-5-11(4)14-13-8-6-12(7-9-13)10(2)3/h6-11,14H,5H2,1-4H3. The molecule has 0 amide bonds. The highest BCUT2D eigenvalue weighted by Gasteiger charge is 2.00. The summed E-state index contributed by atoms with van der Waals surface area (Å²) in [7, 11) is 0. The smallest absolute Gasteiger partial charge is 0.0342 e. The number of hydrogen-bond acceptors (Lipinski definition) is 1. The van der Waals surface area contributed by atoms with E-state index in [1.807, 2.05) is 0 Å². The van der Waals surface area contributed by atoms with Gasteiger partial charge in [0.2, 0.25) is 0 Å². The minimum atomic E-state index is 0.555. The number of rotatable bonds is 4. The van der Waals surface area contributed by atoms with Crippen LogP contribution in [-0.4, -0.2) is 6.04 Å². The molecule has 1 heteroatoms. The van der Waals surface area contributed by atoms with Crippen LogP contribution in [0, 0.1) is 0 Å². The molecule has 0 aliphatic rings. The molecule has 1 atom stereocenters. The van der Waals surface area contributed by atoms with Crippen molar-refractivity contribution in [1.29, 1.82) is 0 Å². The van der Waals surface area contributed by atoms with E-state index in [9.17, 15) is 0 Å². The summed E-state index contributed by atoms with van der Waals surface area (Å²) in [5.74, 6) is 0.618. The van der Waals surface area contributed by atoms with Gasteiger partial charge in [-0.3, -0.25) is 0 Å². The Bertz CT molecular complexity index is 261. The Hall–Kier alpha value is -0.980. The monoisotopic (exact) mass is 191 g/mol. The summed E-state index contributed by atoms with van der Waals surface area (Å²) < 4.78 is 0. The van der Waals surface area contributed by atoms with Gasteiger partial charge in [-0.25, -0.2) is 0 Å². The molecule has 1 aromatic rings. The molecule has 14 heavy (non-hydrogen) atoms. The van der Waals surface area contributed by atoms with Crippen LogP contribution in [0.3, 0.4) is 0 Å². The van der Waals surface area contributed by atoms with Crippen LogP contribution < -0.4 is 5.32 Å². The molecule has 0 radical (unpaired) electrons. The first-order valence-corrected chi connectivity index (χ1v) is 5.50. The minimum absolute atomic E-state index is 0.555. The molecule has 0 saturated carbocycles. The highest BCUT2D eigenvalue weighted by atomic mass is 14.9. The number of benzene rings is 1. The summed E-state index contributed by atoms with van der Waals surface area (Å²) >= 11 is 0. The first kappa shape index (κ1) is 11.1. The molecule has 1 nitrogen and oxygen atoms in total. The zero-order valence-corrected chi connectivity index (χ0v) is 9.67. The fourth-order valence-corrected chi connectivity index (χ4v) is 1.35. The molecule has 78 valence electrons. The van der Waals surface area contributed by atoms with Crippen LogP contribution in [0.25, 0.3) is 0 Å². The third kappa shape index (κ3) is 3.06. The quantitative estimate of drug-likeness (QED) is 0.758. The Kier molecular flexibility index (Phi) is 3.99. The van der Waals surface area contributed by atoms with Crippen LogP contribution in [0.5, 0.6) is 0 Å². The maximum absolute atomic E-state index is 3.46. The summed E-state index contributed by atoms with van der Waals surface area (Å²) in [6.07, 6.45) is 1.16. The van der Waals surface area contributed by atoms with Crippen molar-refractivity contribution in [3.05, 3.63) is 29.8 Å². The van der Waals surface area contributed by atoms with Crippen molar-refractivity contribution >= 4 is 5.69 Å². The van der Waals surface area contributed by atoms with Gasteiger partial charge in [-0.2, -0.15) is 0 Å². The van der Waals surface area contributed by atoms with Crippen molar-refractivity contribution in [3.8, 4) is 0 Å². The molecule has 0 spiro atoms. The van der Waals surface area contributed by atoms with Crippen LogP contribution >= 0.6 is 0 Å². The van der Waals surface area contributed by atoms with Gasteiger partial charge in [-0.15, -0.1) is 0 Å². The lowest BCUT2D eigenvalue weighted by atomic mass is 10.0. The van der Waals surface area contributed by atoms with Crippen LogP contribution in [-0.2, 0) is 0 Å². The summed E-state index contributed by atoms with van der Waals surface area (Å²) in [5, 5.41) is 3.46. The predicted molar refractivity (Wildman–Crippen MR) is 63.9 cm³/mol. The molecule has 0 heterocycles. The van der Waals surface area contributed by atoms with E-state index < -0.39 is 0 Å². The largest absolute Gasteiger partial charge is 0.383 e. The van der Waals surface area contributed by atoms with Gasteiger partial charge in [-0.05, 0) is 37.0 Å². The second-order valence-electron chi connectivity index (χ2n) is 4.23. The van der Waals surface area contributed by atoms with Crippen LogP contribution in [0.15, 0.2) is 24.3 Å². The number of nitrogens with one attached hydrogen (secondary N) is 1. The van der Waals surface area contributed by atoms with Gasteiger partial charge >= 0.3 is 0 Å². The Morgan fingerprint density at radius 2 is 1.64 bits per heavy atom. The van der Waals surface area contributed by atoms with E-state index in [1.165, 1.54) is 11.3 Å². The Balaban J connectivity index is 2.64. The zero-order valence-electron chi connectivity index (χ0n) is 9.67. The van der Waals surface area contributed by atoms with Gasteiger partial charge in [0.05, 0.1) is 0 Å². The van der Waals surface area contributed by atoms with Crippen LogP contribution in [0.4, 0.5) is 5.69 Å². The molecule has 0 saturated heterocycles. The van der Waals surface area contributed by atoms with Crippen molar-refractivity contribution < 1.29 is 0 Å². The van der Waals surface area contributed by atoms with E-state index in [2.05, 4.69) is 57.3 Å². The third-order valence-electron chi connectivity index (χ3n) is 2.60. The first-order valence-electron chi connectivity index (χ1n) is 5.50. The number of anilines is 1.